The number of nitrogens with one attached hydrogen (secondary N) is 1. The van der Waals surface area contributed by atoms with Crippen molar-refractivity contribution in [3.63, 3.8) is 0 Å². The zero-order valence-electron chi connectivity index (χ0n) is 17.1. The van der Waals surface area contributed by atoms with Crippen LogP contribution in [0.1, 0.15) is 15.9 Å². The van der Waals surface area contributed by atoms with Gasteiger partial charge < -0.3 is 4.57 Å². The van der Waals surface area contributed by atoms with E-state index >= 15 is 0 Å². The molecule has 2 aromatic carbocycles. The van der Waals surface area contributed by atoms with Crippen LogP contribution in [0.3, 0.4) is 0 Å². The molecule has 0 saturated heterocycles. The van der Waals surface area contributed by atoms with Gasteiger partial charge in [-0.2, -0.15) is 17.8 Å². The van der Waals surface area contributed by atoms with E-state index in [4.69, 9.17) is 0 Å². The molecule has 8 nitrogen and oxygen atoms in total. The highest BCUT2D eigenvalue weighted by Gasteiger charge is 2.26. The van der Waals surface area contributed by atoms with E-state index in [0.717, 1.165) is 9.87 Å². The van der Waals surface area contributed by atoms with Crippen molar-refractivity contribution in [2.45, 2.75) is 6.54 Å². The number of amides is 1. The molecule has 0 aliphatic heterocycles. The van der Waals surface area contributed by atoms with Crippen LogP contribution in [0.25, 0.3) is 11.5 Å². The molecule has 0 bridgehead atoms. The maximum Gasteiger partial charge on any atom is 0.304 e. The summed E-state index contributed by atoms with van der Waals surface area (Å²) in [5, 5.41) is 4.15. The van der Waals surface area contributed by atoms with Crippen molar-refractivity contribution >= 4 is 16.1 Å². The first-order valence-electron chi connectivity index (χ1n) is 9.65. The van der Waals surface area contributed by atoms with E-state index in [1.54, 1.807) is 65.5 Å². The van der Waals surface area contributed by atoms with Crippen LogP contribution >= 0.6 is 0 Å². The van der Waals surface area contributed by atoms with E-state index in [1.165, 1.54) is 30.1 Å². The van der Waals surface area contributed by atoms with E-state index in [-0.39, 0.29) is 23.6 Å². The van der Waals surface area contributed by atoms with Gasteiger partial charge in [-0.25, -0.2) is 13.8 Å². The number of hydrogen-bond acceptors (Lipinski definition) is 4. The zero-order valence-corrected chi connectivity index (χ0v) is 17.9. The number of carbonyl (C=O) groups excluding carboxylic acids is 1. The third-order valence-electron chi connectivity index (χ3n) is 4.80. The molecule has 2 heterocycles. The average molecular weight is 453 g/mol. The molecule has 0 spiro atoms. The third kappa shape index (κ3) is 4.32. The first kappa shape index (κ1) is 21.5. The predicted octanol–water partition coefficient (Wildman–Crippen LogP) is 2.91. The highest BCUT2D eigenvalue weighted by atomic mass is 32.2. The smallest absolute Gasteiger partial charge is 0.304 e. The van der Waals surface area contributed by atoms with Crippen molar-refractivity contribution in [3.05, 3.63) is 102 Å². The monoisotopic (exact) mass is 453 g/mol. The lowest BCUT2D eigenvalue weighted by Gasteiger charge is -2.18. The Balaban J connectivity index is 1.66. The van der Waals surface area contributed by atoms with Crippen molar-refractivity contribution in [2.24, 2.45) is 0 Å². The first-order valence-corrected chi connectivity index (χ1v) is 11.1. The van der Waals surface area contributed by atoms with Crippen molar-refractivity contribution in [3.8, 4) is 11.5 Å². The number of nitrogens with zero attached hydrogens (tertiary/aromatic N) is 4. The predicted molar refractivity (Wildman–Crippen MR) is 117 cm³/mol. The molecule has 1 N–H and O–H groups in total. The minimum absolute atomic E-state index is 0.0267. The van der Waals surface area contributed by atoms with E-state index in [2.05, 4.69) is 9.82 Å². The van der Waals surface area contributed by atoms with Gasteiger partial charge in [0.1, 0.15) is 17.1 Å². The SMILES string of the molecule is CN(Cc1ccccc1)S(=O)(=O)NC(=O)c1cnn(-c2ccccc2F)c1-n1cccc1. The first-order chi connectivity index (χ1) is 15.4. The number of para-hydroxylation sites is 1. The Bertz CT molecular complexity index is 1340. The summed E-state index contributed by atoms with van der Waals surface area (Å²) in [6.07, 6.45) is 4.52. The normalized spacial score (nSPS) is 11.6. The van der Waals surface area contributed by atoms with Crippen molar-refractivity contribution in [2.75, 3.05) is 7.05 Å². The van der Waals surface area contributed by atoms with E-state index < -0.39 is 21.9 Å². The van der Waals surface area contributed by atoms with Crippen molar-refractivity contribution in [1.82, 2.24) is 23.4 Å². The van der Waals surface area contributed by atoms with Crippen LogP contribution in [0.4, 0.5) is 4.39 Å². The Morgan fingerprint density at radius 1 is 1.03 bits per heavy atom. The largest absolute Gasteiger partial charge is 0.308 e. The van der Waals surface area contributed by atoms with Gasteiger partial charge in [0.15, 0.2) is 5.82 Å². The van der Waals surface area contributed by atoms with Crippen LogP contribution in [0.5, 0.6) is 0 Å². The van der Waals surface area contributed by atoms with Crippen LogP contribution in [0.2, 0.25) is 0 Å². The third-order valence-corrected chi connectivity index (χ3v) is 6.19. The number of carbonyl (C=O) groups is 1. The molecule has 164 valence electrons. The highest BCUT2D eigenvalue weighted by Crippen LogP contribution is 2.22. The summed E-state index contributed by atoms with van der Waals surface area (Å²) < 4.78 is 45.8. The van der Waals surface area contributed by atoms with Gasteiger partial charge in [0.25, 0.3) is 5.91 Å². The van der Waals surface area contributed by atoms with Crippen LogP contribution in [-0.2, 0) is 16.8 Å². The Morgan fingerprint density at radius 3 is 2.38 bits per heavy atom. The van der Waals surface area contributed by atoms with Gasteiger partial charge >= 0.3 is 10.2 Å². The Hall–Kier alpha value is -3.76. The van der Waals surface area contributed by atoms with Crippen LogP contribution < -0.4 is 4.72 Å². The minimum Gasteiger partial charge on any atom is -0.308 e. The fourth-order valence-electron chi connectivity index (χ4n) is 3.20. The number of benzene rings is 2. The fraction of sp³-hybridized carbons (Fsp3) is 0.0909. The molecule has 0 saturated carbocycles. The van der Waals surface area contributed by atoms with Gasteiger partial charge in [0.05, 0.1) is 6.20 Å². The molecule has 1 amide bonds. The molecule has 4 rings (SSSR count). The van der Waals surface area contributed by atoms with Gasteiger partial charge in [-0.3, -0.25) is 4.79 Å². The molecular weight excluding hydrogens is 433 g/mol. The summed E-state index contributed by atoms with van der Waals surface area (Å²) in [5.41, 5.74) is 0.869. The van der Waals surface area contributed by atoms with Crippen LogP contribution in [0.15, 0.2) is 85.3 Å². The lowest BCUT2D eigenvalue weighted by Crippen LogP contribution is -2.41. The lowest BCUT2D eigenvalue weighted by molar-refractivity contribution is 0.0979. The zero-order chi connectivity index (χ0) is 22.7. The number of hydrogen-bond donors (Lipinski definition) is 1. The summed E-state index contributed by atoms with van der Waals surface area (Å²) in [7, 11) is -2.77. The van der Waals surface area contributed by atoms with Crippen molar-refractivity contribution < 1.29 is 17.6 Å². The maximum absolute atomic E-state index is 14.4. The maximum atomic E-state index is 14.4. The summed E-state index contributed by atoms with van der Waals surface area (Å²) >= 11 is 0. The molecule has 4 aromatic rings. The Labute approximate surface area is 184 Å². The number of aromatic nitrogens is 3. The van der Waals surface area contributed by atoms with Crippen molar-refractivity contribution in [1.29, 1.82) is 0 Å². The van der Waals surface area contributed by atoms with Gasteiger partial charge in [-0.05, 0) is 29.8 Å². The van der Waals surface area contributed by atoms with Gasteiger partial charge in [-0.1, -0.05) is 42.5 Å². The molecule has 0 fully saturated rings. The summed E-state index contributed by atoms with van der Waals surface area (Å²) in [6, 6.07) is 18.4. The molecule has 0 unspecified atom stereocenters. The summed E-state index contributed by atoms with van der Waals surface area (Å²) in [4.78, 5) is 13.0. The Kier molecular flexibility index (Phi) is 5.89. The second-order valence-corrected chi connectivity index (χ2v) is 8.79. The van der Waals surface area contributed by atoms with E-state index in [9.17, 15) is 17.6 Å². The van der Waals surface area contributed by atoms with E-state index in [0.29, 0.717) is 0 Å². The second-order valence-electron chi connectivity index (χ2n) is 7.01. The highest BCUT2D eigenvalue weighted by molar-refractivity contribution is 7.87. The molecule has 32 heavy (non-hydrogen) atoms. The molecular formula is C22H20FN5O3S. The second kappa shape index (κ2) is 8.77. The lowest BCUT2D eigenvalue weighted by atomic mass is 10.2. The van der Waals surface area contributed by atoms with Crippen LogP contribution in [0, 0.1) is 5.82 Å². The standard InChI is InChI=1S/C22H20FN5O3S/c1-26(16-17-9-3-2-4-10-17)32(30,31)25-21(29)18-15-24-28(20-12-6-5-11-19(20)23)22(18)27-13-7-8-14-27/h2-15H,16H2,1H3,(H,25,29). The summed E-state index contributed by atoms with van der Waals surface area (Å²) in [5.74, 6) is -1.21. The molecule has 0 aliphatic rings. The fourth-order valence-corrected chi connectivity index (χ4v) is 4.02. The molecule has 0 radical (unpaired) electrons. The number of rotatable bonds is 7. The van der Waals surface area contributed by atoms with Gasteiger partial charge in [-0.15, -0.1) is 0 Å². The topological polar surface area (TPSA) is 89.2 Å². The van der Waals surface area contributed by atoms with Gasteiger partial charge in [0.2, 0.25) is 0 Å². The molecule has 2 aromatic heterocycles. The molecule has 10 heteroatoms. The summed E-state index contributed by atoms with van der Waals surface area (Å²) in [6.45, 7) is 0.0857. The molecule has 0 atom stereocenters. The average Bonchev–Trinajstić information content (AvgIpc) is 3.44. The van der Waals surface area contributed by atoms with Crippen LogP contribution in [-0.4, -0.2) is 40.0 Å². The van der Waals surface area contributed by atoms with Gasteiger partial charge in [0, 0.05) is 26.0 Å². The quantitative estimate of drug-likeness (QED) is 0.466. The molecule has 0 aliphatic carbocycles. The minimum atomic E-state index is -4.14. The Morgan fingerprint density at radius 2 is 1.69 bits per heavy atom. The number of halogens is 1. The van der Waals surface area contributed by atoms with E-state index in [1.807, 2.05) is 6.07 Å².